The Labute approximate surface area is 111 Å². The molecule has 0 saturated carbocycles. The number of aromatic nitrogens is 2. The lowest BCUT2D eigenvalue weighted by molar-refractivity contribution is 0.343. The number of hydrogen-bond acceptors (Lipinski definition) is 4. The highest BCUT2D eigenvalue weighted by Crippen LogP contribution is 2.16. The van der Waals surface area contributed by atoms with Gasteiger partial charge in [0, 0.05) is 31.7 Å². The van der Waals surface area contributed by atoms with Gasteiger partial charge in [-0.25, -0.2) is 4.98 Å². The fourth-order valence-electron chi connectivity index (χ4n) is 1.55. The molecule has 0 spiro atoms. The molecule has 1 heterocycles. The summed E-state index contributed by atoms with van der Waals surface area (Å²) in [6.45, 7) is 1.20. The predicted molar refractivity (Wildman–Crippen MR) is 73.8 cm³/mol. The molecule has 4 nitrogen and oxygen atoms in total. The van der Waals surface area contributed by atoms with Gasteiger partial charge in [0.25, 0.3) is 0 Å². The molecule has 1 aromatic carbocycles. The summed E-state index contributed by atoms with van der Waals surface area (Å²) in [4.78, 5) is 4.24. The van der Waals surface area contributed by atoms with E-state index in [4.69, 9.17) is 10.5 Å². The number of imidazole rings is 1. The van der Waals surface area contributed by atoms with Crippen LogP contribution in [0, 0.1) is 0 Å². The number of thioether (sulfide) groups is 1. The summed E-state index contributed by atoms with van der Waals surface area (Å²) in [7, 11) is 1.99. The summed E-state index contributed by atoms with van der Waals surface area (Å²) in [5.41, 5.74) is 6.67. The van der Waals surface area contributed by atoms with Gasteiger partial charge in [-0.15, -0.1) is 0 Å². The van der Waals surface area contributed by atoms with Crippen molar-refractivity contribution >= 4 is 11.8 Å². The van der Waals surface area contributed by atoms with E-state index < -0.39 is 0 Å². The molecule has 18 heavy (non-hydrogen) atoms. The van der Waals surface area contributed by atoms with Crippen molar-refractivity contribution in [2.45, 2.75) is 11.7 Å². The number of nitrogens with zero attached hydrogens (tertiary/aromatic N) is 2. The minimum absolute atomic E-state index is 0.541. The minimum Gasteiger partial charge on any atom is -0.493 e. The summed E-state index contributed by atoms with van der Waals surface area (Å²) in [6, 6.07) is 7.88. The van der Waals surface area contributed by atoms with E-state index in [0.717, 1.165) is 22.2 Å². The standard InChI is InChI=1S/C13H17N3OS/c1-16-6-5-15-13(16)18-8-7-17-12-4-2-3-11(9-12)10-14/h2-6,9H,7-8,10,14H2,1H3. The minimum atomic E-state index is 0.541. The number of aryl methyl sites for hydroxylation is 1. The highest BCUT2D eigenvalue weighted by atomic mass is 32.2. The third-order valence-electron chi connectivity index (χ3n) is 2.49. The van der Waals surface area contributed by atoms with Crippen LogP contribution in [0.4, 0.5) is 0 Å². The zero-order valence-corrected chi connectivity index (χ0v) is 11.2. The molecular formula is C13H17N3OS. The fourth-order valence-corrected chi connectivity index (χ4v) is 2.29. The fraction of sp³-hybridized carbons (Fsp3) is 0.308. The van der Waals surface area contributed by atoms with Crippen LogP contribution < -0.4 is 10.5 Å². The van der Waals surface area contributed by atoms with Gasteiger partial charge in [0.15, 0.2) is 5.16 Å². The molecule has 2 N–H and O–H groups in total. The van der Waals surface area contributed by atoms with Crippen LogP contribution in [0.15, 0.2) is 41.8 Å². The first-order valence-corrected chi connectivity index (χ1v) is 6.80. The van der Waals surface area contributed by atoms with Crippen molar-refractivity contribution in [2.75, 3.05) is 12.4 Å². The van der Waals surface area contributed by atoms with Crippen LogP contribution in [0.3, 0.4) is 0 Å². The Kier molecular flexibility index (Phi) is 4.66. The largest absolute Gasteiger partial charge is 0.493 e. The zero-order valence-electron chi connectivity index (χ0n) is 10.4. The van der Waals surface area contributed by atoms with E-state index >= 15 is 0 Å². The molecule has 1 aromatic heterocycles. The molecule has 0 radical (unpaired) electrons. The third kappa shape index (κ3) is 3.51. The van der Waals surface area contributed by atoms with Crippen molar-refractivity contribution in [3.8, 4) is 5.75 Å². The molecule has 2 aromatic rings. The van der Waals surface area contributed by atoms with Gasteiger partial charge in [-0.1, -0.05) is 23.9 Å². The van der Waals surface area contributed by atoms with E-state index in [0.29, 0.717) is 13.2 Å². The van der Waals surface area contributed by atoms with E-state index in [1.54, 1.807) is 18.0 Å². The Morgan fingerprint density at radius 2 is 2.33 bits per heavy atom. The van der Waals surface area contributed by atoms with E-state index in [1.807, 2.05) is 42.1 Å². The molecule has 0 fully saturated rings. The molecule has 0 aliphatic heterocycles. The molecule has 0 bridgehead atoms. The maximum Gasteiger partial charge on any atom is 0.167 e. The highest BCUT2D eigenvalue weighted by molar-refractivity contribution is 7.99. The average Bonchev–Trinajstić information content (AvgIpc) is 2.81. The van der Waals surface area contributed by atoms with Crippen molar-refractivity contribution in [3.05, 3.63) is 42.2 Å². The van der Waals surface area contributed by atoms with Gasteiger partial charge >= 0.3 is 0 Å². The van der Waals surface area contributed by atoms with Crippen LogP contribution in [0.1, 0.15) is 5.56 Å². The van der Waals surface area contributed by atoms with E-state index in [9.17, 15) is 0 Å². The average molecular weight is 263 g/mol. The first-order chi connectivity index (χ1) is 8.79. The monoisotopic (exact) mass is 263 g/mol. The molecule has 0 amide bonds. The number of hydrogen-bond donors (Lipinski definition) is 1. The quantitative estimate of drug-likeness (QED) is 0.640. The van der Waals surface area contributed by atoms with E-state index in [-0.39, 0.29) is 0 Å². The number of nitrogens with two attached hydrogens (primary N) is 1. The Morgan fingerprint density at radius 1 is 1.44 bits per heavy atom. The Hall–Kier alpha value is -1.46. The van der Waals surface area contributed by atoms with Crippen molar-refractivity contribution in [3.63, 3.8) is 0 Å². The summed E-state index contributed by atoms with van der Waals surface area (Å²) in [5.74, 6) is 1.75. The summed E-state index contributed by atoms with van der Waals surface area (Å²) >= 11 is 1.69. The second-order valence-corrected chi connectivity index (χ2v) is 4.93. The smallest absolute Gasteiger partial charge is 0.167 e. The second-order valence-electron chi connectivity index (χ2n) is 3.87. The molecular weight excluding hydrogens is 246 g/mol. The van der Waals surface area contributed by atoms with Gasteiger partial charge < -0.3 is 15.0 Å². The van der Waals surface area contributed by atoms with Crippen LogP contribution in [0.25, 0.3) is 0 Å². The van der Waals surface area contributed by atoms with Gasteiger partial charge in [0.05, 0.1) is 6.61 Å². The maximum absolute atomic E-state index is 5.67. The molecule has 0 aliphatic rings. The summed E-state index contributed by atoms with van der Waals surface area (Å²) in [6.07, 6.45) is 3.74. The lowest BCUT2D eigenvalue weighted by Gasteiger charge is -2.07. The van der Waals surface area contributed by atoms with Gasteiger partial charge in [-0.3, -0.25) is 0 Å². The second kappa shape index (κ2) is 6.47. The third-order valence-corrected chi connectivity index (χ3v) is 3.52. The molecule has 0 aliphatic carbocycles. The van der Waals surface area contributed by atoms with Gasteiger partial charge in [-0.05, 0) is 17.7 Å². The maximum atomic E-state index is 5.67. The Bertz CT molecular complexity index is 498. The van der Waals surface area contributed by atoms with Crippen LogP contribution in [0.5, 0.6) is 5.75 Å². The van der Waals surface area contributed by atoms with Crippen LogP contribution in [-0.4, -0.2) is 21.9 Å². The number of ether oxygens (including phenoxy) is 1. The number of rotatable bonds is 6. The SMILES string of the molecule is Cn1ccnc1SCCOc1cccc(CN)c1. The van der Waals surface area contributed by atoms with E-state index in [1.165, 1.54) is 0 Å². The van der Waals surface area contributed by atoms with Crippen molar-refractivity contribution in [1.29, 1.82) is 0 Å². The normalized spacial score (nSPS) is 10.6. The molecule has 96 valence electrons. The van der Waals surface area contributed by atoms with Crippen LogP contribution in [-0.2, 0) is 13.6 Å². The lowest BCUT2D eigenvalue weighted by atomic mass is 10.2. The zero-order chi connectivity index (χ0) is 12.8. The summed E-state index contributed by atoms with van der Waals surface area (Å²) in [5, 5.41) is 1.01. The van der Waals surface area contributed by atoms with E-state index in [2.05, 4.69) is 4.98 Å². The van der Waals surface area contributed by atoms with Crippen LogP contribution >= 0.6 is 11.8 Å². The van der Waals surface area contributed by atoms with Gasteiger partial charge in [-0.2, -0.15) is 0 Å². The predicted octanol–water partition coefficient (Wildman–Crippen LogP) is 2.05. The number of benzene rings is 1. The lowest BCUT2D eigenvalue weighted by Crippen LogP contribution is -2.02. The Morgan fingerprint density at radius 3 is 3.06 bits per heavy atom. The Balaban J connectivity index is 1.76. The highest BCUT2D eigenvalue weighted by Gasteiger charge is 2.00. The molecule has 0 saturated heterocycles. The first-order valence-electron chi connectivity index (χ1n) is 5.81. The van der Waals surface area contributed by atoms with Gasteiger partial charge in [0.1, 0.15) is 5.75 Å². The van der Waals surface area contributed by atoms with Crippen molar-refractivity contribution < 1.29 is 4.74 Å². The van der Waals surface area contributed by atoms with Crippen molar-refractivity contribution in [1.82, 2.24) is 9.55 Å². The van der Waals surface area contributed by atoms with Gasteiger partial charge in [0.2, 0.25) is 0 Å². The molecule has 0 unspecified atom stereocenters. The van der Waals surface area contributed by atoms with Crippen molar-refractivity contribution in [2.24, 2.45) is 12.8 Å². The molecule has 0 atom stereocenters. The molecule has 2 rings (SSSR count). The molecule has 5 heteroatoms. The first kappa shape index (κ1) is 13.0. The topological polar surface area (TPSA) is 53.1 Å². The summed E-state index contributed by atoms with van der Waals surface area (Å²) < 4.78 is 7.67. The van der Waals surface area contributed by atoms with Crippen LogP contribution in [0.2, 0.25) is 0 Å².